The van der Waals surface area contributed by atoms with Crippen molar-refractivity contribution < 1.29 is 4.74 Å². The van der Waals surface area contributed by atoms with Gasteiger partial charge in [0.05, 0.1) is 18.5 Å². The van der Waals surface area contributed by atoms with Crippen molar-refractivity contribution in [3.8, 4) is 0 Å². The van der Waals surface area contributed by atoms with Crippen LogP contribution in [-0.2, 0) is 4.74 Å². The molecule has 0 aliphatic carbocycles. The number of piperidine rings is 1. The van der Waals surface area contributed by atoms with Crippen LogP contribution in [0.25, 0.3) is 0 Å². The van der Waals surface area contributed by atoms with Gasteiger partial charge in [0.2, 0.25) is 0 Å². The molecule has 2 heterocycles. The van der Waals surface area contributed by atoms with Crippen LogP contribution in [0.3, 0.4) is 0 Å². The average Bonchev–Trinajstić information content (AvgIpc) is 2.32. The Bertz CT molecular complexity index is 319. The van der Waals surface area contributed by atoms with Crippen LogP contribution >= 0.6 is 0 Å². The van der Waals surface area contributed by atoms with Crippen LogP contribution < -0.4 is 10.6 Å². The number of nitrogens with zero attached hydrogens (tertiary/aromatic N) is 3. The minimum absolute atomic E-state index is 0.406. The molecule has 0 amide bonds. The van der Waals surface area contributed by atoms with E-state index in [9.17, 15) is 0 Å². The second kappa shape index (κ2) is 5.12. The van der Waals surface area contributed by atoms with Crippen molar-refractivity contribution in [1.29, 1.82) is 0 Å². The first-order valence-electron chi connectivity index (χ1n) is 5.73. The average molecular weight is 222 g/mol. The summed E-state index contributed by atoms with van der Waals surface area (Å²) >= 11 is 0. The number of hydrogen-bond acceptors (Lipinski definition) is 5. The molecule has 0 radical (unpaired) electrons. The van der Waals surface area contributed by atoms with E-state index in [0.717, 1.165) is 38.4 Å². The topological polar surface area (TPSA) is 64.3 Å². The van der Waals surface area contributed by atoms with Gasteiger partial charge < -0.3 is 15.4 Å². The lowest BCUT2D eigenvalue weighted by Gasteiger charge is -2.32. The molecule has 1 aliphatic heterocycles. The summed E-state index contributed by atoms with van der Waals surface area (Å²) in [5.74, 6) is 1.37. The molecule has 0 spiro atoms. The first-order valence-corrected chi connectivity index (χ1v) is 5.73. The van der Waals surface area contributed by atoms with Gasteiger partial charge in [0.15, 0.2) is 0 Å². The predicted molar refractivity (Wildman–Crippen MR) is 63.3 cm³/mol. The fourth-order valence-electron chi connectivity index (χ4n) is 1.98. The Morgan fingerprint density at radius 3 is 2.69 bits per heavy atom. The lowest BCUT2D eigenvalue weighted by atomic mass is 10.1. The first kappa shape index (κ1) is 11.1. The van der Waals surface area contributed by atoms with Gasteiger partial charge >= 0.3 is 0 Å². The summed E-state index contributed by atoms with van der Waals surface area (Å²) in [7, 11) is 0. The van der Waals surface area contributed by atoms with Crippen molar-refractivity contribution in [2.75, 3.05) is 30.3 Å². The van der Waals surface area contributed by atoms with Crippen LogP contribution in [0.2, 0.25) is 0 Å². The fraction of sp³-hybridized carbons (Fsp3) is 0.636. The predicted octanol–water partition coefficient (Wildman–Crippen LogP) is 1.06. The van der Waals surface area contributed by atoms with E-state index in [1.165, 1.54) is 0 Å². The largest absolute Gasteiger partial charge is 0.382 e. The SMILES string of the molecule is CCOC1CCN(c2cnc(N)cn2)CC1. The number of ether oxygens (including phenoxy) is 1. The standard InChI is InChI=1S/C11H18N4O/c1-2-16-9-3-5-15(6-4-9)11-8-13-10(12)7-14-11/h7-9H,2-6H2,1H3,(H2,12,13). The van der Waals surface area contributed by atoms with Crippen LogP contribution in [0.4, 0.5) is 11.6 Å². The Labute approximate surface area is 95.6 Å². The van der Waals surface area contributed by atoms with Crippen molar-refractivity contribution in [2.45, 2.75) is 25.9 Å². The van der Waals surface area contributed by atoms with Gasteiger partial charge in [-0.15, -0.1) is 0 Å². The van der Waals surface area contributed by atoms with Crippen molar-refractivity contribution in [3.05, 3.63) is 12.4 Å². The molecule has 1 aromatic heterocycles. The maximum atomic E-state index is 5.60. The molecule has 0 bridgehead atoms. The van der Waals surface area contributed by atoms with E-state index in [-0.39, 0.29) is 0 Å². The van der Waals surface area contributed by atoms with Crippen LogP contribution in [0.15, 0.2) is 12.4 Å². The third kappa shape index (κ3) is 2.61. The van der Waals surface area contributed by atoms with E-state index in [1.54, 1.807) is 12.4 Å². The number of rotatable bonds is 3. The van der Waals surface area contributed by atoms with Crippen molar-refractivity contribution >= 4 is 11.6 Å². The summed E-state index contributed by atoms with van der Waals surface area (Å²) in [5.41, 5.74) is 5.51. The number of nitrogen functional groups attached to an aromatic ring is 1. The molecule has 2 rings (SSSR count). The normalized spacial score (nSPS) is 17.7. The van der Waals surface area contributed by atoms with Gasteiger partial charge in [-0.05, 0) is 19.8 Å². The van der Waals surface area contributed by atoms with Gasteiger partial charge in [-0.1, -0.05) is 0 Å². The van der Waals surface area contributed by atoms with Crippen LogP contribution in [0.5, 0.6) is 0 Å². The van der Waals surface area contributed by atoms with Gasteiger partial charge in [-0.2, -0.15) is 0 Å². The van der Waals surface area contributed by atoms with Gasteiger partial charge in [0, 0.05) is 19.7 Å². The van der Waals surface area contributed by atoms with E-state index < -0.39 is 0 Å². The third-order valence-electron chi connectivity index (χ3n) is 2.83. The first-order chi connectivity index (χ1) is 7.79. The zero-order valence-electron chi connectivity index (χ0n) is 9.59. The molecular formula is C11H18N4O. The quantitative estimate of drug-likeness (QED) is 0.828. The summed E-state index contributed by atoms with van der Waals surface area (Å²) in [4.78, 5) is 10.5. The number of aromatic nitrogens is 2. The number of hydrogen-bond donors (Lipinski definition) is 1. The summed E-state index contributed by atoms with van der Waals surface area (Å²) in [6.45, 7) is 4.79. The summed E-state index contributed by atoms with van der Waals surface area (Å²) in [6, 6.07) is 0. The molecule has 1 aliphatic rings. The van der Waals surface area contributed by atoms with Gasteiger partial charge in [-0.3, -0.25) is 0 Å². The van der Waals surface area contributed by atoms with Gasteiger partial charge in [-0.25, -0.2) is 9.97 Å². The minimum atomic E-state index is 0.406. The third-order valence-corrected chi connectivity index (χ3v) is 2.83. The Balaban J connectivity index is 1.91. The maximum absolute atomic E-state index is 5.60. The van der Waals surface area contributed by atoms with Crippen LogP contribution in [0.1, 0.15) is 19.8 Å². The van der Waals surface area contributed by atoms with E-state index in [4.69, 9.17) is 10.5 Å². The molecule has 0 atom stereocenters. The molecule has 1 fully saturated rings. The van der Waals surface area contributed by atoms with E-state index >= 15 is 0 Å². The molecule has 5 nitrogen and oxygen atoms in total. The minimum Gasteiger partial charge on any atom is -0.382 e. The molecule has 1 aromatic rings. The molecule has 0 unspecified atom stereocenters. The maximum Gasteiger partial charge on any atom is 0.147 e. The van der Waals surface area contributed by atoms with Gasteiger partial charge in [0.1, 0.15) is 11.6 Å². The summed E-state index contributed by atoms with van der Waals surface area (Å²) in [5, 5.41) is 0. The van der Waals surface area contributed by atoms with E-state index in [1.807, 2.05) is 6.92 Å². The molecule has 0 saturated carbocycles. The zero-order valence-corrected chi connectivity index (χ0v) is 9.59. The molecule has 5 heteroatoms. The van der Waals surface area contributed by atoms with Gasteiger partial charge in [0.25, 0.3) is 0 Å². The highest BCUT2D eigenvalue weighted by molar-refractivity contribution is 5.39. The highest BCUT2D eigenvalue weighted by Gasteiger charge is 2.20. The van der Waals surface area contributed by atoms with E-state index in [2.05, 4.69) is 14.9 Å². The smallest absolute Gasteiger partial charge is 0.147 e. The molecule has 1 saturated heterocycles. The molecule has 88 valence electrons. The van der Waals surface area contributed by atoms with Crippen molar-refractivity contribution in [3.63, 3.8) is 0 Å². The summed E-state index contributed by atoms with van der Waals surface area (Å²) in [6.07, 6.45) is 5.85. The number of anilines is 2. The fourth-order valence-corrected chi connectivity index (χ4v) is 1.98. The molecule has 0 aromatic carbocycles. The van der Waals surface area contributed by atoms with E-state index in [0.29, 0.717) is 11.9 Å². The lowest BCUT2D eigenvalue weighted by Crippen LogP contribution is -2.37. The van der Waals surface area contributed by atoms with Crippen LogP contribution in [0, 0.1) is 0 Å². The number of nitrogens with two attached hydrogens (primary N) is 1. The Morgan fingerprint density at radius 1 is 1.38 bits per heavy atom. The van der Waals surface area contributed by atoms with Crippen molar-refractivity contribution in [1.82, 2.24) is 9.97 Å². The summed E-state index contributed by atoms with van der Waals surface area (Å²) < 4.78 is 5.60. The Morgan fingerprint density at radius 2 is 2.12 bits per heavy atom. The second-order valence-corrected chi connectivity index (χ2v) is 3.94. The Kier molecular flexibility index (Phi) is 3.56. The highest BCUT2D eigenvalue weighted by atomic mass is 16.5. The zero-order chi connectivity index (χ0) is 11.4. The van der Waals surface area contributed by atoms with Crippen LogP contribution in [-0.4, -0.2) is 35.8 Å². The monoisotopic (exact) mass is 222 g/mol. The van der Waals surface area contributed by atoms with Crippen molar-refractivity contribution in [2.24, 2.45) is 0 Å². The molecule has 2 N–H and O–H groups in total. The molecular weight excluding hydrogens is 204 g/mol. The highest BCUT2D eigenvalue weighted by Crippen LogP contribution is 2.18. The lowest BCUT2D eigenvalue weighted by molar-refractivity contribution is 0.0458. The Hall–Kier alpha value is -1.36. The molecule has 16 heavy (non-hydrogen) atoms. The second-order valence-electron chi connectivity index (χ2n) is 3.94.